The summed E-state index contributed by atoms with van der Waals surface area (Å²) in [5, 5.41) is 0.118. The van der Waals surface area contributed by atoms with Crippen molar-refractivity contribution in [3.05, 3.63) is 79.6 Å². The van der Waals surface area contributed by atoms with Crippen LogP contribution in [-0.4, -0.2) is 15.5 Å². The average Bonchev–Trinajstić information content (AvgIpc) is 3.19. The number of aromatic nitrogens is 2. The van der Waals surface area contributed by atoms with E-state index in [4.69, 9.17) is 21.8 Å². The molecule has 0 aliphatic heterocycles. The third kappa shape index (κ3) is 4.30. The van der Waals surface area contributed by atoms with Gasteiger partial charge in [-0.3, -0.25) is 24.0 Å². The number of anilines is 2. The number of nitrogens with zero attached hydrogens (tertiary/aromatic N) is 2. The molecule has 0 saturated heterocycles. The Bertz CT molecular complexity index is 1170. The molecule has 1 amide bonds. The average molecular weight is 435 g/mol. The van der Waals surface area contributed by atoms with Crippen molar-refractivity contribution in [3.63, 3.8) is 0 Å². The maximum absolute atomic E-state index is 14.4. The van der Waals surface area contributed by atoms with Gasteiger partial charge in [0, 0.05) is 11.6 Å². The van der Waals surface area contributed by atoms with Crippen LogP contribution < -0.4 is 21.9 Å². The van der Waals surface area contributed by atoms with E-state index >= 15 is 0 Å². The third-order valence-corrected chi connectivity index (χ3v) is 4.76. The van der Waals surface area contributed by atoms with Crippen molar-refractivity contribution in [1.29, 1.82) is 0 Å². The fourth-order valence-corrected chi connectivity index (χ4v) is 3.15. The van der Waals surface area contributed by atoms with E-state index in [1.807, 2.05) is 6.92 Å². The van der Waals surface area contributed by atoms with Gasteiger partial charge in [0.2, 0.25) is 0 Å². The van der Waals surface area contributed by atoms with Crippen LogP contribution in [0.25, 0.3) is 0 Å². The first-order valence-corrected chi connectivity index (χ1v) is 9.63. The van der Waals surface area contributed by atoms with Crippen LogP contribution in [0.2, 0.25) is 5.02 Å². The Morgan fingerprint density at radius 1 is 1.33 bits per heavy atom. The lowest BCUT2D eigenvalue weighted by Gasteiger charge is -2.24. The molecule has 10 heteroatoms. The van der Waals surface area contributed by atoms with Gasteiger partial charge in [-0.1, -0.05) is 24.9 Å². The van der Waals surface area contributed by atoms with Crippen molar-refractivity contribution < 1.29 is 13.6 Å². The minimum absolute atomic E-state index is 0.118. The van der Waals surface area contributed by atoms with Crippen LogP contribution in [0, 0.1) is 5.82 Å². The van der Waals surface area contributed by atoms with Crippen LogP contribution in [0.15, 0.2) is 50.6 Å². The predicted molar refractivity (Wildman–Crippen MR) is 111 cm³/mol. The number of hydrogen-bond donors (Lipinski definition) is 2. The molecule has 2 heterocycles. The number of carbonyl (C=O) groups excluding carboxylic acids is 1. The number of rotatable bonds is 7. The third-order valence-electron chi connectivity index (χ3n) is 4.52. The fourth-order valence-electron chi connectivity index (χ4n) is 3.00. The van der Waals surface area contributed by atoms with Gasteiger partial charge in [0.1, 0.15) is 17.4 Å². The Balaban J connectivity index is 2.17. The van der Waals surface area contributed by atoms with Crippen LogP contribution in [-0.2, 0) is 13.1 Å². The summed E-state index contributed by atoms with van der Waals surface area (Å²) in [6, 6.07) is 6.77. The van der Waals surface area contributed by atoms with E-state index in [-0.39, 0.29) is 35.2 Å². The number of unbranched alkanes of at least 4 members (excludes halogenated alkanes) is 1. The minimum Gasteiger partial charge on any atom is -0.467 e. The lowest BCUT2D eigenvalue weighted by atomic mass is 10.1. The minimum atomic E-state index is -0.862. The van der Waals surface area contributed by atoms with E-state index in [1.54, 1.807) is 12.1 Å². The van der Waals surface area contributed by atoms with Gasteiger partial charge >= 0.3 is 5.69 Å². The molecule has 0 bridgehead atoms. The van der Waals surface area contributed by atoms with Gasteiger partial charge in [0.25, 0.3) is 11.5 Å². The van der Waals surface area contributed by atoms with Crippen LogP contribution in [0.5, 0.6) is 0 Å². The number of hydrogen-bond acceptors (Lipinski definition) is 5. The number of H-pyrrole nitrogens is 1. The molecule has 0 fully saturated rings. The first-order chi connectivity index (χ1) is 14.3. The summed E-state index contributed by atoms with van der Waals surface area (Å²) in [5.41, 5.74) is 4.02. The molecular formula is C20H20ClFN4O4. The molecule has 158 valence electrons. The second kappa shape index (κ2) is 9.00. The summed E-state index contributed by atoms with van der Waals surface area (Å²) in [6.45, 7) is 1.99. The quantitative estimate of drug-likeness (QED) is 0.592. The molecule has 0 atom stereocenters. The molecule has 0 saturated carbocycles. The molecular weight excluding hydrogens is 415 g/mol. The zero-order valence-corrected chi connectivity index (χ0v) is 16.9. The van der Waals surface area contributed by atoms with Crippen molar-refractivity contribution in [3.8, 4) is 0 Å². The van der Waals surface area contributed by atoms with Crippen LogP contribution >= 0.6 is 11.6 Å². The Morgan fingerprint density at radius 3 is 2.73 bits per heavy atom. The molecule has 30 heavy (non-hydrogen) atoms. The number of amides is 1. The molecule has 3 aromatic rings. The van der Waals surface area contributed by atoms with Crippen molar-refractivity contribution in [2.24, 2.45) is 0 Å². The highest BCUT2D eigenvalue weighted by Gasteiger charge is 2.28. The first kappa shape index (κ1) is 21.4. The Labute approximate surface area is 175 Å². The molecule has 0 aliphatic carbocycles. The highest BCUT2D eigenvalue weighted by Crippen LogP contribution is 2.24. The highest BCUT2D eigenvalue weighted by molar-refractivity contribution is 6.30. The van der Waals surface area contributed by atoms with Gasteiger partial charge in [0.15, 0.2) is 5.69 Å². The second-order valence-electron chi connectivity index (χ2n) is 6.59. The summed E-state index contributed by atoms with van der Waals surface area (Å²) in [6.07, 6.45) is 2.82. The summed E-state index contributed by atoms with van der Waals surface area (Å²) < 4.78 is 20.9. The number of nitrogen functional groups attached to an aromatic ring is 1. The van der Waals surface area contributed by atoms with Crippen LogP contribution in [0.3, 0.4) is 0 Å². The van der Waals surface area contributed by atoms with Gasteiger partial charge < -0.3 is 10.2 Å². The van der Waals surface area contributed by atoms with Gasteiger partial charge in [-0.15, -0.1) is 0 Å². The smallest absolute Gasteiger partial charge is 0.330 e. The van der Waals surface area contributed by atoms with Crippen molar-refractivity contribution in [1.82, 2.24) is 9.55 Å². The maximum atomic E-state index is 14.4. The van der Waals surface area contributed by atoms with E-state index in [0.717, 1.165) is 17.4 Å². The molecule has 3 N–H and O–H groups in total. The standard InChI is InChI=1S/C20H20ClFN4O4/c1-2-3-8-25-17(23)16(18(27)24-20(25)29)26(11-13-5-4-9-30-13)19(28)14-7-6-12(21)10-15(14)22/h4-7,9-10H,2-3,8,11,23H2,1H3,(H,24,27,29). The Hall–Kier alpha value is -3.33. The normalized spacial score (nSPS) is 10.9. The van der Waals surface area contributed by atoms with E-state index < -0.39 is 23.0 Å². The number of nitrogens with one attached hydrogen (secondary N) is 1. The Morgan fingerprint density at radius 2 is 2.10 bits per heavy atom. The monoisotopic (exact) mass is 434 g/mol. The summed E-state index contributed by atoms with van der Waals surface area (Å²) >= 11 is 5.78. The molecule has 0 spiro atoms. The van der Waals surface area contributed by atoms with Gasteiger partial charge in [0.05, 0.1) is 18.4 Å². The number of benzene rings is 1. The highest BCUT2D eigenvalue weighted by atomic mass is 35.5. The lowest BCUT2D eigenvalue weighted by molar-refractivity contribution is 0.0979. The van der Waals surface area contributed by atoms with Gasteiger partial charge in [-0.05, 0) is 36.8 Å². The lowest BCUT2D eigenvalue weighted by Crippen LogP contribution is -2.41. The van der Waals surface area contributed by atoms with Crippen LogP contribution in [0.1, 0.15) is 35.9 Å². The first-order valence-electron chi connectivity index (χ1n) is 9.25. The van der Waals surface area contributed by atoms with Crippen molar-refractivity contribution in [2.75, 3.05) is 10.6 Å². The van der Waals surface area contributed by atoms with Gasteiger partial charge in [-0.2, -0.15) is 0 Å². The van der Waals surface area contributed by atoms with Crippen molar-refractivity contribution in [2.45, 2.75) is 32.9 Å². The second-order valence-corrected chi connectivity index (χ2v) is 7.03. The number of halogens is 2. The number of furan rings is 1. The number of aromatic amines is 1. The molecule has 0 aliphatic rings. The van der Waals surface area contributed by atoms with Crippen LogP contribution in [0.4, 0.5) is 15.9 Å². The topological polar surface area (TPSA) is 114 Å². The zero-order valence-electron chi connectivity index (χ0n) is 16.2. The van der Waals surface area contributed by atoms with E-state index in [9.17, 15) is 18.8 Å². The van der Waals surface area contributed by atoms with E-state index in [1.165, 1.54) is 23.0 Å². The fraction of sp³-hybridized carbons (Fsp3) is 0.250. The predicted octanol–water partition coefficient (Wildman–Crippen LogP) is 3.15. The summed E-state index contributed by atoms with van der Waals surface area (Å²) in [5.74, 6) is -1.54. The van der Waals surface area contributed by atoms with E-state index in [2.05, 4.69) is 4.98 Å². The molecule has 0 unspecified atom stereocenters. The number of carbonyl (C=O) groups is 1. The van der Waals surface area contributed by atoms with E-state index in [0.29, 0.717) is 12.2 Å². The molecule has 1 aromatic carbocycles. The summed E-state index contributed by atoms with van der Waals surface area (Å²) in [4.78, 5) is 41.3. The molecule has 3 rings (SSSR count). The molecule has 2 aromatic heterocycles. The maximum Gasteiger partial charge on any atom is 0.330 e. The Kier molecular flexibility index (Phi) is 6.41. The summed E-state index contributed by atoms with van der Waals surface area (Å²) in [7, 11) is 0. The SMILES string of the molecule is CCCCn1c(N)c(N(Cc2ccco2)C(=O)c2ccc(Cl)cc2F)c(=O)[nH]c1=O. The van der Waals surface area contributed by atoms with Crippen molar-refractivity contribution >= 4 is 29.0 Å². The zero-order chi connectivity index (χ0) is 21.8. The van der Waals surface area contributed by atoms with Gasteiger partial charge in [-0.25, -0.2) is 9.18 Å². The largest absolute Gasteiger partial charge is 0.467 e. The number of nitrogens with two attached hydrogens (primary N) is 1. The molecule has 0 radical (unpaired) electrons. The molecule has 8 nitrogen and oxygen atoms in total.